The zero-order chi connectivity index (χ0) is 14.0. The molecule has 1 aliphatic heterocycles. The van der Waals surface area contributed by atoms with Gasteiger partial charge < -0.3 is 10.0 Å². The first-order chi connectivity index (χ1) is 9.04. The van der Waals surface area contributed by atoms with Crippen LogP contribution in [0.25, 0.3) is 0 Å². The standard InChI is InChI=1S/C14H17NO3S/c1-9(17)11-4-5-13-12(8-11)15(6-3-7-16)14(18)10(2)19-13/h4-5,8,10,16H,3,6-7H2,1-2H3. The van der Waals surface area contributed by atoms with Gasteiger partial charge in [-0.05, 0) is 32.4 Å². The number of thioether (sulfide) groups is 1. The van der Waals surface area contributed by atoms with E-state index in [9.17, 15) is 9.59 Å². The van der Waals surface area contributed by atoms with Crippen LogP contribution in [0.2, 0.25) is 0 Å². The number of rotatable bonds is 4. The van der Waals surface area contributed by atoms with E-state index in [-0.39, 0.29) is 23.5 Å². The Kier molecular flexibility index (Phi) is 4.27. The molecule has 1 unspecified atom stereocenters. The van der Waals surface area contributed by atoms with Gasteiger partial charge in [0.2, 0.25) is 5.91 Å². The SMILES string of the molecule is CC(=O)c1ccc2c(c1)N(CCCO)C(=O)C(C)S2. The van der Waals surface area contributed by atoms with Crippen molar-refractivity contribution in [3.63, 3.8) is 0 Å². The maximum atomic E-state index is 12.2. The van der Waals surface area contributed by atoms with Gasteiger partial charge >= 0.3 is 0 Å². The molecular formula is C14H17NO3S. The van der Waals surface area contributed by atoms with E-state index in [2.05, 4.69) is 0 Å². The van der Waals surface area contributed by atoms with Gasteiger partial charge in [-0.3, -0.25) is 9.59 Å². The van der Waals surface area contributed by atoms with Crippen LogP contribution < -0.4 is 4.90 Å². The summed E-state index contributed by atoms with van der Waals surface area (Å²) < 4.78 is 0. The first-order valence-electron chi connectivity index (χ1n) is 6.28. The second-order valence-corrected chi connectivity index (χ2v) is 5.95. The van der Waals surface area contributed by atoms with E-state index in [1.165, 1.54) is 18.7 Å². The summed E-state index contributed by atoms with van der Waals surface area (Å²) in [5, 5.41) is 8.81. The number of hydrogen-bond acceptors (Lipinski definition) is 4. The van der Waals surface area contributed by atoms with Gasteiger partial charge in [0, 0.05) is 23.6 Å². The molecular weight excluding hydrogens is 262 g/mol. The summed E-state index contributed by atoms with van der Waals surface area (Å²) in [5.41, 5.74) is 1.39. The third-order valence-electron chi connectivity index (χ3n) is 3.11. The fraction of sp³-hybridized carbons (Fsp3) is 0.429. The average Bonchev–Trinajstić information content (AvgIpc) is 2.39. The monoisotopic (exact) mass is 279 g/mol. The zero-order valence-corrected chi connectivity index (χ0v) is 11.9. The predicted molar refractivity (Wildman–Crippen MR) is 75.8 cm³/mol. The summed E-state index contributed by atoms with van der Waals surface area (Å²) in [5.74, 6) is 0.0210. The molecule has 1 heterocycles. The van der Waals surface area contributed by atoms with Crippen molar-refractivity contribution in [3.05, 3.63) is 23.8 Å². The molecule has 4 nitrogen and oxygen atoms in total. The van der Waals surface area contributed by atoms with Gasteiger partial charge in [0.25, 0.3) is 0 Å². The van der Waals surface area contributed by atoms with Crippen molar-refractivity contribution in [3.8, 4) is 0 Å². The Morgan fingerprint density at radius 2 is 2.21 bits per heavy atom. The minimum Gasteiger partial charge on any atom is -0.396 e. The molecule has 0 fully saturated rings. The minimum absolute atomic E-state index is 0.0130. The number of carbonyl (C=O) groups is 2. The highest BCUT2D eigenvalue weighted by atomic mass is 32.2. The van der Waals surface area contributed by atoms with Gasteiger partial charge in [-0.2, -0.15) is 0 Å². The van der Waals surface area contributed by atoms with Crippen molar-refractivity contribution in [2.24, 2.45) is 0 Å². The molecule has 0 aromatic heterocycles. The lowest BCUT2D eigenvalue weighted by atomic mass is 10.1. The molecule has 1 aromatic rings. The maximum Gasteiger partial charge on any atom is 0.240 e. The van der Waals surface area contributed by atoms with E-state index >= 15 is 0 Å². The smallest absolute Gasteiger partial charge is 0.240 e. The fourth-order valence-corrected chi connectivity index (χ4v) is 3.13. The number of Topliss-reactive ketones (excluding diaryl/α,β-unsaturated/α-hetero) is 1. The number of aliphatic hydroxyl groups is 1. The number of fused-ring (bicyclic) bond motifs is 1. The third kappa shape index (κ3) is 2.82. The van der Waals surface area contributed by atoms with Gasteiger partial charge in [0.05, 0.1) is 10.9 Å². The highest BCUT2D eigenvalue weighted by molar-refractivity contribution is 8.00. The van der Waals surface area contributed by atoms with Crippen molar-refractivity contribution >= 4 is 29.1 Å². The average molecular weight is 279 g/mol. The minimum atomic E-state index is -0.130. The lowest BCUT2D eigenvalue weighted by molar-refractivity contribution is -0.118. The Morgan fingerprint density at radius 1 is 1.47 bits per heavy atom. The van der Waals surface area contributed by atoms with Crippen LogP contribution in [0.15, 0.2) is 23.1 Å². The number of hydrogen-bond donors (Lipinski definition) is 1. The van der Waals surface area contributed by atoms with E-state index in [1.54, 1.807) is 17.0 Å². The predicted octanol–water partition coefficient (Wildman–Crippen LogP) is 2.10. The Labute approximate surface area is 116 Å². The van der Waals surface area contributed by atoms with E-state index in [4.69, 9.17) is 5.11 Å². The Hall–Kier alpha value is -1.33. The summed E-state index contributed by atoms with van der Waals surface area (Å²) in [6.45, 7) is 3.92. The van der Waals surface area contributed by atoms with Crippen LogP contribution >= 0.6 is 11.8 Å². The zero-order valence-electron chi connectivity index (χ0n) is 11.0. The highest BCUT2D eigenvalue weighted by Gasteiger charge is 2.30. The van der Waals surface area contributed by atoms with Crippen LogP contribution in [-0.4, -0.2) is 35.2 Å². The van der Waals surface area contributed by atoms with E-state index in [1.807, 2.05) is 13.0 Å². The lowest BCUT2D eigenvalue weighted by Crippen LogP contribution is -2.40. The molecule has 0 radical (unpaired) electrons. The Morgan fingerprint density at radius 3 is 2.84 bits per heavy atom. The van der Waals surface area contributed by atoms with Crippen LogP contribution in [-0.2, 0) is 4.79 Å². The van der Waals surface area contributed by atoms with Crippen molar-refractivity contribution < 1.29 is 14.7 Å². The number of benzene rings is 1. The number of amides is 1. The Bertz CT molecular complexity index is 515. The van der Waals surface area contributed by atoms with Crippen molar-refractivity contribution in [2.45, 2.75) is 30.4 Å². The second-order valence-electron chi connectivity index (χ2n) is 4.57. The van der Waals surface area contributed by atoms with E-state index in [0.29, 0.717) is 18.5 Å². The molecule has 0 aliphatic carbocycles. The van der Waals surface area contributed by atoms with Crippen molar-refractivity contribution in [1.29, 1.82) is 0 Å². The van der Waals surface area contributed by atoms with Gasteiger partial charge in [-0.15, -0.1) is 11.8 Å². The molecule has 0 bridgehead atoms. The molecule has 19 heavy (non-hydrogen) atoms. The molecule has 0 spiro atoms. The first kappa shape index (κ1) is 14.1. The van der Waals surface area contributed by atoms with Crippen LogP contribution in [0.4, 0.5) is 5.69 Å². The number of aliphatic hydroxyl groups excluding tert-OH is 1. The normalized spacial score (nSPS) is 18.4. The van der Waals surface area contributed by atoms with Crippen molar-refractivity contribution in [1.82, 2.24) is 0 Å². The molecule has 1 atom stereocenters. The van der Waals surface area contributed by atoms with Crippen LogP contribution in [0.5, 0.6) is 0 Å². The third-order valence-corrected chi connectivity index (χ3v) is 4.27. The maximum absolute atomic E-state index is 12.2. The second kappa shape index (κ2) is 5.75. The quantitative estimate of drug-likeness (QED) is 0.858. The molecule has 2 rings (SSSR count). The van der Waals surface area contributed by atoms with Gasteiger partial charge in [-0.25, -0.2) is 0 Å². The number of nitrogens with zero attached hydrogens (tertiary/aromatic N) is 1. The summed E-state index contributed by atoms with van der Waals surface area (Å²) in [4.78, 5) is 26.4. The first-order valence-corrected chi connectivity index (χ1v) is 7.16. The van der Waals surface area contributed by atoms with Gasteiger partial charge in [0.15, 0.2) is 5.78 Å². The number of anilines is 1. The lowest BCUT2D eigenvalue weighted by Gasteiger charge is -2.32. The topological polar surface area (TPSA) is 57.6 Å². The molecule has 1 N–H and O–H groups in total. The molecule has 1 amide bonds. The molecule has 1 aromatic carbocycles. The van der Waals surface area contributed by atoms with Crippen molar-refractivity contribution in [2.75, 3.05) is 18.1 Å². The highest BCUT2D eigenvalue weighted by Crippen LogP contribution is 2.39. The van der Waals surface area contributed by atoms with E-state index in [0.717, 1.165) is 10.6 Å². The molecule has 5 heteroatoms. The van der Waals surface area contributed by atoms with E-state index < -0.39 is 0 Å². The van der Waals surface area contributed by atoms with Crippen LogP contribution in [0.1, 0.15) is 30.6 Å². The van der Waals surface area contributed by atoms with Crippen LogP contribution in [0.3, 0.4) is 0 Å². The molecule has 0 saturated heterocycles. The molecule has 0 saturated carbocycles. The number of carbonyl (C=O) groups excluding carboxylic acids is 2. The summed E-state index contributed by atoms with van der Waals surface area (Å²) >= 11 is 1.51. The largest absolute Gasteiger partial charge is 0.396 e. The van der Waals surface area contributed by atoms with Crippen LogP contribution in [0, 0.1) is 0 Å². The van der Waals surface area contributed by atoms with Gasteiger partial charge in [-0.1, -0.05) is 6.07 Å². The fourth-order valence-electron chi connectivity index (χ4n) is 2.09. The number of ketones is 1. The summed E-state index contributed by atoms with van der Waals surface area (Å²) in [7, 11) is 0. The summed E-state index contributed by atoms with van der Waals surface area (Å²) in [6, 6.07) is 5.46. The molecule has 102 valence electrons. The molecule has 1 aliphatic rings. The van der Waals surface area contributed by atoms with Gasteiger partial charge in [0.1, 0.15) is 0 Å². The summed E-state index contributed by atoms with van der Waals surface area (Å²) in [6.07, 6.45) is 0.535. The Balaban J connectivity index is 2.41.